The van der Waals surface area contributed by atoms with Crippen LogP contribution >= 0.6 is 0 Å². The first-order valence-electron chi connectivity index (χ1n) is 7.20. The largest absolute Gasteiger partial charge is 0.383 e. The van der Waals surface area contributed by atoms with E-state index in [-0.39, 0.29) is 0 Å². The molecule has 1 aliphatic carbocycles. The number of piperidine rings is 1. The molecule has 3 heteroatoms. The van der Waals surface area contributed by atoms with Crippen LogP contribution in [0.1, 0.15) is 45.4 Å². The quantitative estimate of drug-likeness (QED) is 0.788. The highest BCUT2D eigenvalue weighted by atomic mass is 16.5. The third-order valence-electron chi connectivity index (χ3n) is 4.65. The number of hydrogen-bond donors (Lipinski definition) is 2. The Morgan fingerprint density at radius 1 is 1.24 bits per heavy atom. The molecule has 0 bridgehead atoms. The van der Waals surface area contributed by atoms with Crippen LogP contribution in [0.4, 0.5) is 0 Å². The van der Waals surface area contributed by atoms with E-state index >= 15 is 0 Å². The second kappa shape index (κ2) is 6.17. The standard InChI is InChI=1S/C14H28N2O/c1-12(11-17-2)16-13-3-5-14(6-4-13)7-9-15-10-8-14/h12-13,15-16H,3-11H2,1-2H3/t12-/m0/s1. The molecule has 2 rings (SSSR count). The lowest BCUT2D eigenvalue weighted by molar-refractivity contribution is 0.104. The van der Waals surface area contributed by atoms with Gasteiger partial charge in [0.1, 0.15) is 0 Å². The van der Waals surface area contributed by atoms with Gasteiger partial charge in [-0.3, -0.25) is 0 Å². The van der Waals surface area contributed by atoms with Gasteiger partial charge in [0.25, 0.3) is 0 Å². The number of nitrogens with one attached hydrogen (secondary N) is 2. The summed E-state index contributed by atoms with van der Waals surface area (Å²) < 4.78 is 5.18. The maximum atomic E-state index is 5.18. The summed E-state index contributed by atoms with van der Waals surface area (Å²) in [6.07, 6.45) is 8.35. The van der Waals surface area contributed by atoms with Gasteiger partial charge in [-0.1, -0.05) is 0 Å². The Hall–Kier alpha value is -0.120. The molecule has 2 N–H and O–H groups in total. The van der Waals surface area contributed by atoms with Crippen molar-refractivity contribution in [2.45, 2.75) is 57.5 Å². The molecule has 17 heavy (non-hydrogen) atoms. The van der Waals surface area contributed by atoms with Gasteiger partial charge in [-0.15, -0.1) is 0 Å². The normalized spacial score (nSPS) is 27.2. The van der Waals surface area contributed by atoms with Crippen molar-refractivity contribution in [2.24, 2.45) is 5.41 Å². The molecule has 3 nitrogen and oxygen atoms in total. The second-order valence-electron chi connectivity index (χ2n) is 6.05. The zero-order valence-corrected chi connectivity index (χ0v) is 11.4. The lowest BCUT2D eigenvalue weighted by atomic mass is 9.67. The minimum Gasteiger partial charge on any atom is -0.383 e. The molecule has 0 aromatic carbocycles. The summed E-state index contributed by atoms with van der Waals surface area (Å²) in [6.45, 7) is 5.51. The molecule has 2 aliphatic rings. The van der Waals surface area contributed by atoms with E-state index in [2.05, 4.69) is 17.6 Å². The topological polar surface area (TPSA) is 33.3 Å². The summed E-state index contributed by atoms with van der Waals surface area (Å²) in [5, 5.41) is 7.19. The van der Waals surface area contributed by atoms with Gasteiger partial charge in [0.05, 0.1) is 6.61 Å². The molecule has 1 atom stereocenters. The molecule has 0 aromatic heterocycles. The Bertz CT molecular complexity index is 216. The molecule has 1 heterocycles. The fourth-order valence-electron chi connectivity index (χ4n) is 3.55. The Labute approximate surface area is 106 Å². The monoisotopic (exact) mass is 240 g/mol. The molecule has 0 aromatic rings. The number of hydrogen-bond acceptors (Lipinski definition) is 3. The summed E-state index contributed by atoms with van der Waals surface area (Å²) in [5.41, 5.74) is 0.688. The molecule has 0 unspecified atom stereocenters. The maximum Gasteiger partial charge on any atom is 0.0613 e. The van der Waals surface area contributed by atoms with Crippen molar-refractivity contribution in [2.75, 3.05) is 26.8 Å². The average molecular weight is 240 g/mol. The van der Waals surface area contributed by atoms with Gasteiger partial charge < -0.3 is 15.4 Å². The van der Waals surface area contributed by atoms with E-state index in [1.807, 2.05) is 0 Å². The number of rotatable bonds is 4. The molecule has 2 fully saturated rings. The average Bonchev–Trinajstić information content (AvgIpc) is 2.34. The van der Waals surface area contributed by atoms with Gasteiger partial charge in [-0.25, -0.2) is 0 Å². The molecule has 1 saturated carbocycles. The van der Waals surface area contributed by atoms with E-state index in [1.165, 1.54) is 51.6 Å². The van der Waals surface area contributed by atoms with Crippen molar-refractivity contribution in [3.8, 4) is 0 Å². The highest BCUT2D eigenvalue weighted by Crippen LogP contribution is 2.43. The van der Waals surface area contributed by atoms with Gasteiger partial charge in [0, 0.05) is 19.2 Å². The van der Waals surface area contributed by atoms with Gasteiger partial charge in [-0.05, 0) is 64.0 Å². The maximum absolute atomic E-state index is 5.18. The van der Waals surface area contributed by atoms with Crippen molar-refractivity contribution in [1.82, 2.24) is 10.6 Å². The molecule has 100 valence electrons. The van der Waals surface area contributed by atoms with Crippen LogP contribution in [-0.4, -0.2) is 38.9 Å². The van der Waals surface area contributed by atoms with E-state index < -0.39 is 0 Å². The van der Waals surface area contributed by atoms with Crippen LogP contribution in [-0.2, 0) is 4.74 Å². The van der Waals surface area contributed by atoms with Crippen molar-refractivity contribution in [1.29, 1.82) is 0 Å². The van der Waals surface area contributed by atoms with E-state index in [4.69, 9.17) is 4.74 Å². The number of methoxy groups -OCH3 is 1. The van der Waals surface area contributed by atoms with Crippen LogP contribution in [0.2, 0.25) is 0 Å². The summed E-state index contributed by atoms with van der Waals surface area (Å²) >= 11 is 0. The van der Waals surface area contributed by atoms with Crippen molar-refractivity contribution in [3.63, 3.8) is 0 Å². The Balaban J connectivity index is 1.73. The zero-order chi connectivity index (χ0) is 12.1. The van der Waals surface area contributed by atoms with E-state index in [0.717, 1.165) is 12.6 Å². The van der Waals surface area contributed by atoms with Gasteiger partial charge in [0.2, 0.25) is 0 Å². The van der Waals surface area contributed by atoms with Crippen LogP contribution in [0, 0.1) is 5.41 Å². The zero-order valence-electron chi connectivity index (χ0n) is 11.4. The van der Waals surface area contributed by atoms with Crippen molar-refractivity contribution in [3.05, 3.63) is 0 Å². The predicted octanol–water partition coefficient (Wildman–Crippen LogP) is 1.92. The second-order valence-corrected chi connectivity index (χ2v) is 6.05. The van der Waals surface area contributed by atoms with E-state index in [1.54, 1.807) is 7.11 Å². The minimum absolute atomic E-state index is 0.493. The summed E-state index contributed by atoms with van der Waals surface area (Å²) in [6, 6.07) is 1.22. The lowest BCUT2D eigenvalue weighted by Gasteiger charge is -2.43. The van der Waals surface area contributed by atoms with Crippen LogP contribution in [0.15, 0.2) is 0 Å². The van der Waals surface area contributed by atoms with Crippen LogP contribution < -0.4 is 10.6 Å². The first kappa shape index (κ1) is 13.3. The molecule has 1 spiro atoms. The van der Waals surface area contributed by atoms with Crippen LogP contribution in [0.3, 0.4) is 0 Å². The Kier molecular flexibility index (Phi) is 4.83. The smallest absolute Gasteiger partial charge is 0.0613 e. The van der Waals surface area contributed by atoms with Gasteiger partial charge in [-0.2, -0.15) is 0 Å². The third kappa shape index (κ3) is 3.67. The number of ether oxygens (including phenoxy) is 1. The molecular formula is C14H28N2O. The summed E-state index contributed by atoms with van der Waals surface area (Å²) in [7, 11) is 1.78. The van der Waals surface area contributed by atoms with Crippen LogP contribution in [0.5, 0.6) is 0 Å². The Morgan fingerprint density at radius 2 is 1.88 bits per heavy atom. The molecule has 0 radical (unpaired) electrons. The minimum atomic E-state index is 0.493. The van der Waals surface area contributed by atoms with Crippen LogP contribution in [0.25, 0.3) is 0 Å². The summed E-state index contributed by atoms with van der Waals surface area (Å²) in [5.74, 6) is 0. The van der Waals surface area contributed by atoms with Crippen molar-refractivity contribution < 1.29 is 4.74 Å². The summed E-state index contributed by atoms with van der Waals surface area (Å²) in [4.78, 5) is 0. The molecule has 1 saturated heterocycles. The van der Waals surface area contributed by atoms with Crippen molar-refractivity contribution >= 4 is 0 Å². The highest BCUT2D eigenvalue weighted by molar-refractivity contribution is 4.91. The fraction of sp³-hybridized carbons (Fsp3) is 1.00. The molecule has 1 aliphatic heterocycles. The first-order valence-corrected chi connectivity index (χ1v) is 7.20. The third-order valence-corrected chi connectivity index (χ3v) is 4.65. The van der Waals surface area contributed by atoms with Gasteiger partial charge in [0.15, 0.2) is 0 Å². The molecular weight excluding hydrogens is 212 g/mol. The fourth-order valence-corrected chi connectivity index (χ4v) is 3.55. The highest BCUT2D eigenvalue weighted by Gasteiger charge is 2.36. The van der Waals surface area contributed by atoms with E-state index in [0.29, 0.717) is 11.5 Å². The molecule has 0 amide bonds. The predicted molar refractivity (Wildman–Crippen MR) is 71.3 cm³/mol. The van der Waals surface area contributed by atoms with Gasteiger partial charge >= 0.3 is 0 Å². The lowest BCUT2D eigenvalue weighted by Crippen LogP contribution is -2.46. The van der Waals surface area contributed by atoms with E-state index in [9.17, 15) is 0 Å². The SMILES string of the molecule is COC[C@H](C)NC1CCC2(CCNCC2)CC1. The first-order chi connectivity index (χ1) is 8.24. The Morgan fingerprint density at radius 3 is 2.47 bits per heavy atom.